The number of anilines is 1. The normalized spacial score (nSPS) is 12.5. The van der Waals surface area contributed by atoms with Crippen molar-refractivity contribution in [1.82, 2.24) is 10.2 Å². The van der Waals surface area contributed by atoms with Gasteiger partial charge in [0.15, 0.2) is 0 Å². The molecule has 4 nitrogen and oxygen atoms in total. The van der Waals surface area contributed by atoms with E-state index in [2.05, 4.69) is 22.4 Å². The number of aromatic nitrogens is 2. The van der Waals surface area contributed by atoms with Crippen molar-refractivity contribution >= 4 is 5.82 Å². The van der Waals surface area contributed by atoms with Crippen molar-refractivity contribution in [3.8, 4) is 0 Å². The topological polar surface area (TPSA) is 63.8 Å². The van der Waals surface area contributed by atoms with E-state index < -0.39 is 0 Å². The Morgan fingerprint density at radius 3 is 3.00 bits per heavy atom. The maximum absolute atomic E-state index is 5.75. The Bertz CT molecular complexity index is 262. The van der Waals surface area contributed by atoms with Gasteiger partial charge < -0.3 is 11.1 Å². The average Bonchev–Trinajstić information content (AvgIpc) is 2.14. The second-order valence-electron chi connectivity index (χ2n) is 3.17. The Kier molecular flexibility index (Phi) is 3.64. The van der Waals surface area contributed by atoms with Crippen molar-refractivity contribution < 1.29 is 0 Å². The minimum absolute atomic E-state index is 0.183. The van der Waals surface area contributed by atoms with Gasteiger partial charge in [-0.15, -0.1) is 5.10 Å². The van der Waals surface area contributed by atoms with Gasteiger partial charge in [-0.1, -0.05) is 6.92 Å². The first-order chi connectivity index (χ1) is 6.22. The summed E-state index contributed by atoms with van der Waals surface area (Å²) in [5.74, 6) is 0.795. The lowest BCUT2D eigenvalue weighted by molar-refractivity contribution is 0.677. The second kappa shape index (κ2) is 4.77. The Hall–Kier alpha value is -1.16. The van der Waals surface area contributed by atoms with Crippen LogP contribution in [0.3, 0.4) is 0 Å². The first-order valence-corrected chi connectivity index (χ1v) is 4.51. The molecule has 1 aromatic rings. The molecule has 1 heterocycles. The molecule has 0 aromatic carbocycles. The fraction of sp³-hybridized carbons (Fsp3) is 0.556. The predicted molar refractivity (Wildman–Crippen MR) is 53.5 cm³/mol. The SMILES string of the molecule is CCC(N)CNc1cc(C)cnn1. The zero-order valence-electron chi connectivity index (χ0n) is 8.12. The van der Waals surface area contributed by atoms with Crippen LogP contribution in [0.2, 0.25) is 0 Å². The molecule has 1 aromatic heterocycles. The summed E-state index contributed by atoms with van der Waals surface area (Å²) in [6.07, 6.45) is 2.69. The lowest BCUT2D eigenvalue weighted by Gasteiger charge is -2.10. The van der Waals surface area contributed by atoms with Gasteiger partial charge in [-0.3, -0.25) is 0 Å². The van der Waals surface area contributed by atoms with E-state index >= 15 is 0 Å². The van der Waals surface area contributed by atoms with E-state index in [0.29, 0.717) is 0 Å². The molecule has 1 rings (SSSR count). The highest BCUT2D eigenvalue weighted by molar-refractivity contribution is 5.35. The monoisotopic (exact) mass is 180 g/mol. The molecule has 0 aliphatic rings. The average molecular weight is 180 g/mol. The predicted octanol–water partition coefficient (Wildman–Crippen LogP) is 0.934. The second-order valence-corrected chi connectivity index (χ2v) is 3.17. The van der Waals surface area contributed by atoms with E-state index in [1.807, 2.05) is 13.0 Å². The van der Waals surface area contributed by atoms with Crippen LogP contribution in [0.15, 0.2) is 12.3 Å². The van der Waals surface area contributed by atoms with Crippen molar-refractivity contribution in [1.29, 1.82) is 0 Å². The van der Waals surface area contributed by atoms with Crippen LogP contribution in [0.4, 0.5) is 5.82 Å². The van der Waals surface area contributed by atoms with E-state index in [4.69, 9.17) is 5.73 Å². The Labute approximate surface area is 78.6 Å². The van der Waals surface area contributed by atoms with Crippen molar-refractivity contribution in [2.75, 3.05) is 11.9 Å². The number of hydrogen-bond acceptors (Lipinski definition) is 4. The van der Waals surface area contributed by atoms with Crippen LogP contribution in [-0.2, 0) is 0 Å². The van der Waals surface area contributed by atoms with Crippen LogP contribution in [-0.4, -0.2) is 22.8 Å². The molecule has 0 saturated heterocycles. The van der Waals surface area contributed by atoms with Gasteiger partial charge in [0, 0.05) is 12.6 Å². The van der Waals surface area contributed by atoms with Crippen molar-refractivity contribution in [2.24, 2.45) is 5.73 Å². The molecule has 0 amide bonds. The first kappa shape index (κ1) is 9.92. The molecule has 0 radical (unpaired) electrons. The van der Waals surface area contributed by atoms with Crippen LogP contribution in [0, 0.1) is 6.92 Å². The molecule has 0 spiro atoms. The molecule has 0 saturated carbocycles. The van der Waals surface area contributed by atoms with E-state index in [1.54, 1.807) is 6.20 Å². The highest BCUT2D eigenvalue weighted by Crippen LogP contribution is 2.02. The van der Waals surface area contributed by atoms with E-state index in [0.717, 1.165) is 24.3 Å². The number of nitrogens with zero attached hydrogens (tertiary/aromatic N) is 2. The van der Waals surface area contributed by atoms with Crippen molar-refractivity contribution in [3.05, 3.63) is 17.8 Å². The molecular formula is C9H16N4. The lowest BCUT2D eigenvalue weighted by Crippen LogP contribution is -2.28. The maximum atomic E-state index is 5.75. The van der Waals surface area contributed by atoms with Gasteiger partial charge in [0.2, 0.25) is 0 Å². The van der Waals surface area contributed by atoms with Crippen LogP contribution in [0.25, 0.3) is 0 Å². The van der Waals surface area contributed by atoms with E-state index in [9.17, 15) is 0 Å². The number of rotatable bonds is 4. The highest BCUT2D eigenvalue weighted by Gasteiger charge is 1.99. The fourth-order valence-electron chi connectivity index (χ4n) is 0.930. The van der Waals surface area contributed by atoms with Gasteiger partial charge in [0.1, 0.15) is 5.82 Å². The van der Waals surface area contributed by atoms with Crippen LogP contribution >= 0.6 is 0 Å². The molecule has 1 unspecified atom stereocenters. The minimum Gasteiger partial charge on any atom is -0.367 e. The molecule has 13 heavy (non-hydrogen) atoms. The number of hydrogen-bond donors (Lipinski definition) is 2. The summed E-state index contributed by atoms with van der Waals surface area (Å²) in [6.45, 7) is 4.79. The van der Waals surface area contributed by atoms with Crippen LogP contribution in [0.1, 0.15) is 18.9 Å². The molecule has 0 aliphatic carbocycles. The molecule has 0 fully saturated rings. The summed E-state index contributed by atoms with van der Waals surface area (Å²) in [7, 11) is 0. The molecule has 3 N–H and O–H groups in total. The third kappa shape index (κ3) is 3.38. The Balaban J connectivity index is 2.45. The van der Waals surface area contributed by atoms with Gasteiger partial charge in [-0.05, 0) is 25.0 Å². The first-order valence-electron chi connectivity index (χ1n) is 4.51. The van der Waals surface area contributed by atoms with Crippen molar-refractivity contribution in [2.45, 2.75) is 26.3 Å². The number of aryl methyl sites for hydroxylation is 1. The van der Waals surface area contributed by atoms with Crippen molar-refractivity contribution in [3.63, 3.8) is 0 Å². The molecular weight excluding hydrogens is 164 g/mol. The fourth-order valence-corrected chi connectivity index (χ4v) is 0.930. The number of nitrogens with one attached hydrogen (secondary N) is 1. The summed E-state index contributed by atoms with van der Waals surface area (Å²) < 4.78 is 0. The van der Waals surface area contributed by atoms with Crippen LogP contribution in [0.5, 0.6) is 0 Å². The van der Waals surface area contributed by atoms with E-state index in [-0.39, 0.29) is 6.04 Å². The summed E-state index contributed by atoms with van der Waals surface area (Å²) in [4.78, 5) is 0. The van der Waals surface area contributed by atoms with Gasteiger partial charge in [0.25, 0.3) is 0 Å². The maximum Gasteiger partial charge on any atom is 0.148 e. The molecule has 1 atom stereocenters. The van der Waals surface area contributed by atoms with Gasteiger partial charge >= 0.3 is 0 Å². The lowest BCUT2D eigenvalue weighted by atomic mass is 10.2. The third-order valence-electron chi connectivity index (χ3n) is 1.86. The number of nitrogens with two attached hydrogens (primary N) is 1. The largest absolute Gasteiger partial charge is 0.367 e. The minimum atomic E-state index is 0.183. The summed E-state index contributed by atoms with van der Waals surface area (Å²) >= 11 is 0. The third-order valence-corrected chi connectivity index (χ3v) is 1.86. The van der Waals surface area contributed by atoms with Gasteiger partial charge in [0.05, 0.1) is 6.20 Å². The zero-order valence-corrected chi connectivity index (χ0v) is 8.12. The Morgan fingerprint density at radius 2 is 2.38 bits per heavy atom. The molecule has 0 aliphatic heterocycles. The quantitative estimate of drug-likeness (QED) is 0.723. The smallest absolute Gasteiger partial charge is 0.148 e. The summed E-state index contributed by atoms with van der Waals surface area (Å²) in [6, 6.07) is 2.14. The van der Waals surface area contributed by atoms with Gasteiger partial charge in [-0.25, -0.2) is 0 Å². The highest BCUT2D eigenvalue weighted by atomic mass is 15.2. The summed E-state index contributed by atoms with van der Waals surface area (Å²) in [5.41, 5.74) is 6.85. The standard InChI is InChI=1S/C9H16N4/c1-3-8(10)6-11-9-4-7(2)5-12-13-9/h4-5,8H,3,6,10H2,1-2H3,(H,11,13). The molecule has 72 valence electrons. The molecule has 0 bridgehead atoms. The Morgan fingerprint density at radius 1 is 1.62 bits per heavy atom. The van der Waals surface area contributed by atoms with E-state index in [1.165, 1.54) is 0 Å². The van der Waals surface area contributed by atoms with Crippen LogP contribution < -0.4 is 11.1 Å². The van der Waals surface area contributed by atoms with Gasteiger partial charge in [-0.2, -0.15) is 5.10 Å². The summed E-state index contributed by atoms with van der Waals surface area (Å²) in [5, 5.41) is 10.9. The zero-order chi connectivity index (χ0) is 9.68. The molecule has 4 heteroatoms.